The van der Waals surface area contributed by atoms with Crippen LogP contribution in [0.15, 0.2) is 60.8 Å². The quantitative estimate of drug-likeness (QED) is 0.256. The number of benzene rings is 2. The van der Waals surface area contributed by atoms with Gasteiger partial charge in [-0.15, -0.1) is 0 Å². The van der Waals surface area contributed by atoms with Gasteiger partial charge in [0.15, 0.2) is 5.60 Å². The number of hydrogen-bond donors (Lipinski definition) is 1. The zero-order valence-corrected chi connectivity index (χ0v) is 24.6. The van der Waals surface area contributed by atoms with Crippen LogP contribution in [-0.4, -0.2) is 56.3 Å². The van der Waals surface area contributed by atoms with Gasteiger partial charge in [0, 0.05) is 18.9 Å². The van der Waals surface area contributed by atoms with E-state index in [9.17, 15) is 9.90 Å². The first kappa shape index (κ1) is 28.0. The number of carboxylic acids is 1. The Morgan fingerprint density at radius 1 is 1.16 bits per heavy atom. The zero-order chi connectivity index (χ0) is 29.7. The lowest BCUT2D eigenvalue weighted by atomic mass is 9.85. The lowest BCUT2D eigenvalue weighted by molar-refractivity contribution is -0.0592. The molecule has 2 unspecified atom stereocenters. The van der Waals surface area contributed by atoms with E-state index in [0.717, 1.165) is 61.4 Å². The van der Waals surface area contributed by atoms with Crippen LogP contribution in [0.1, 0.15) is 65.1 Å². The first-order valence-corrected chi connectivity index (χ1v) is 15.0. The van der Waals surface area contributed by atoms with Gasteiger partial charge in [-0.3, -0.25) is 9.88 Å². The number of imidazole rings is 1. The number of likely N-dealkylation sites (tertiary alicyclic amines) is 1. The fourth-order valence-electron chi connectivity index (χ4n) is 6.40. The molecule has 2 fully saturated rings. The molecule has 0 radical (unpaired) electrons. The van der Waals surface area contributed by atoms with E-state index in [1.165, 1.54) is 6.08 Å². The number of aromatic carboxylic acids is 1. The maximum atomic E-state index is 15.5. The average molecular weight is 603 g/mol. The van der Waals surface area contributed by atoms with Gasteiger partial charge in [0.2, 0.25) is 0 Å². The Morgan fingerprint density at radius 2 is 1.98 bits per heavy atom. The number of aromatic nitrogens is 3. The van der Waals surface area contributed by atoms with Crippen molar-refractivity contribution in [1.29, 1.82) is 0 Å². The molecule has 2 aromatic carbocycles. The average Bonchev–Trinajstić information content (AvgIpc) is 3.31. The van der Waals surface area contributed by atoms with Gasteiger partial charge in [-0.25, -0.2) is 14.2 Å². The zero-order valence-electron chi connectivity index (χ0n) is 23.8. The molecule has 2 saturated heterocycles. The van der Waals surface area contributed by atoms with Gasteiger partial charge in [0.05, 0.1) is 52.1 Å². The van der Waals surface area contributed by atoms with Crippen molar-refractivity contribution in [2.75, 3.05) is 19.7 Å². The summed E-state index contributed by atoms with van der Waals surface area (Å²) in [7, 11) is 0. The Kier molecular flexibility index (Phi) is 7.19. The van der Waals surface area contributed by atoms with Crippen molar-refractivity contribution in [3.05, 3.63) is 94.0 Å². The number of para-hydroxylation sites is 1. The third-order valence-electron chi connectivity index (χ3n) is 8.90. The second kappa shape index (κ2) is 11.0. The number of fused-ring (bicyclic) bond motifs is 2. The number of halogens is 2. The molecule has 0 amide bonds. The van der Waals surface area contributed by atoms with Gasteiger partial charge < -0.3 is 19.1 Å². The van der Waals surface area contributed by atoms with Crippen LogP contribution in [0.25, 0.3) is 16.9 Å². The van der Waals surface area contributed by atoms with E-state index in [2.05, 4.69) is 14.5 Å². The Morgan fingerprint density at radius 3 is 2.67 bits per heavy atom. The standard InChI is InChI=1S/C33H32ClFN4O4/c1-33(29-8-6-22(34)17-36-29)16-26(35)25-4-2-3-24(31(25)43-33)20-9-12-38(13-10-20)19-30-37-27-7-5-21(32(40)41)15-28(27)39(30)18-23-11-14-42-23/h2-8,15-17,20,23H,9-14,18-19H2,1H3,(H,40,41). The fraction of sp³-hybridized carbons (Fsp3) is 0.364. The van der Waals surface area contributed by atoms with Crippen molar-refractivity contribution < 1.29 is 23.8 Å². The molecular formula is C33H32ClFN4O4. The third kappa shape index (κ3) is 5.30. The summed E-state index contributed by atoms with van der Waals surface area (Å²) in [5.41, 5.74) is 2.88. The van der Waals surface area contributed by atoms with Crippen LogP contribution >= 0.6 is 11.6 Å². The molecule has 222 valence electrons. The highest BCUT2D eigenvalue weighted by Gasteiger charge is 2.37. The molecule has 0 saturated carbocycles. The van der Waals surface area contributed by atoms with Crippen molar-refractivity contribution in [3.63, 3.8) is 0 Å². The van der Waals surface area contributed by atoms with E-state index in [1.54, 1.807) is 42.6 Å². The molecule has 0 spiro atoms. The first-order valence-electron chi connectivity index (χ1n) is 14.7. The summed E-state index contributed by atoms with van der Waals surface area (Å²) >= 11 is 6.04. The molecule has 43 heavy (non-hydrogen) atoms. The summed E-state index contributed by atoms with van der Waals surface area (Å²) in [6.45, 7) is 5.56. The number of carbonyl (C=O) groups is 1. The minimum absolute atomic E-state index is 0.114. The van der Waals surface area contributed by atoms with Crippen molar-refractivity contribution in [1.82, 2.24) is 19.4 Å². The molecule has 10 heteroatoms. The Labute approximate surface area is 253 Å². The van der Waals surface area contributed by atoms with Gasteiger partial charge >= 0.3 is 5.97 Å². The number of hydrogen-bond acceptors (Lipinski definition) is 6. The highest BCUT2D eigenvalue weighted by molar-refractivity contribution is 6.30. The number of piperidine rings is 1. The topological polar surface area (TPSA) is 89.7 Å². The summed E-state index contributed by atoms with van der Waals surface area (Å²) in [5, 5.41) is 10.1. The fourth-order valence-corrected chi connectivity index (χ4v) is 6.51. The predicted octanol–water partition coefficient (Wildman–Crippen LogP) is 6.57. The minimum Gasteiger partial charge on any atom is -0.478 e. The second-order valence-corrected chi connectivity index (χ2v) is 12.2. The van der Waals surface area contributed by atoms with Gasteiger partial charge in [-0.05, 0) is 87.2 Å². The minimum atomic E-state index is -1.05. The number of nitrogens with zero attached hydrogens (tertiary/aromatic N) is 4. The van der Waals surface area contributed by atoms with Crippen LogP contribution in [-0.2, 0) is 23.4 Å². The molecule has 5 heterocycles. The highest BCUT2D eigenvalue weighted by atomic mass is 35.5. The molecule has 4 aromatic rings. The summed E-state index contributed by atoms with van der Waals surface area (Å²) in [6, 6.07) is 14.3. The Hall–Kier alpha value is -3.79. The van der Waals surface area contributed by atoms with E-state index in [0.29, 0.717) is 35.1 Å². The maximum Gasteiger partial charge on any atom is 0.335 e. The van der Waals surface area contributed by atoms with Gasteiger partial charge in [0.1, 0.15) is 17.4 Å². The van der Waals surface area contributed by atoms with Crippen LogP contribution in [0.3, 0.4) is 0 Å². The monoisotopic (exact) mass is 602 g/mol. The number of carboxylic acid groups (broad SMARTS) is 1. The largest absolute Gasteiger partial charge is 0.478 e. The molecule has 3 aliphatic heterocycles. The SMILES string of the molecule is CC1(c2ccc(Cl)cn2)C=C(F)c2cccc(C3CCN(Cc4nc5ccc(C(=O)O)cc5n4CC4CCO4)CC3)c2O1. The van der Waals surface area contributed by atoms with E-state index >= 15 is 4.39 Å². The summed E-state index contributed by atoms with van der Waals surface area (Å²) < 4.78 is 29.9. The molecule has 7 rings (SSSR count). The van der Waals surface area contributed by atoms with Crippen molar-refractivity contribution >= 4 is 34.4 Å². The van der Waals surface area contributed by atoms with Crippen molar-refractivity contribution in [2.24, 2.45) is 0 Å². The Balaban J connectivity index is 1.10. The lowest BCUT2D eigenvalue weighted by Gasteiger charge is -2.36. The smallest absolute Gasteiger partial charge is 0.335 e. The molecule has 8 nitrogen and oxygen atoms in total. The summed E-state index contributed by atoms with van der Waals surface area (Å²) in [5.74, 6) is 0.424. The third-order valence-corrected chi connectivity index (χ3v) is 9.12. The molecule has 0 bridgehead atoms. The van der Waals surface area contributed by atoms with Gasteiger partial charge in [-0.2, -0.15) is 0 Å². The molecular weight excluding hydrogens is 571 g/mol. The van der Waals surface area contributed by atoms with Gasteiger partial charge in [0.25, 0.3) is 0 Å². The maximum absolute atomic E-state index is 15.5. The predicted molar refractivity (Wildman–Crippen MR) is 161 cm³/mol. The second-order valence-electron chi connectivity index (χ2n) is 11.8. The number of ether oxygens (including phenoxy) is 2. The lowest BCUT2D eigenvalue weighted by Crippen LogP contribution is -2.36. The highest BCUT2D eigenvalue weighted by Crippen LogP contribution is 2.46. The van der Waals surface area contributed by atoms with Crippen LogP contribution in [0.2, 0.25) is 5.02 Å². The van der Waals surface area contributed by atoms with Crippen molar-refractivity contribution in [2.45, 2.75) is 56.9 Å². The van der Waals surface area contributed by atoms with Crippen LogP contribution in [0.5, 0.6) is 5.75 Å². The molecule has 2 aromatic heterocycles. The summed E-state index contributed by atoms with van der Waals surface area (Å²) in [6.07, 6.45) is 5.90. The normalized spacial score (nSPS) is 22.5. The number of rotatable bonds is 7. The molecule has 0 aliphatic carbocycles. The molecule has 2 atom stereocenters. The van der Waals surface area contributed by atoms with E-state index in [1.807, 2.05) is 19.1 Å². The molecule has 3 aliphatic rings. The van der Waals surface area contributed by atoms with E-state index in [4.69, 9.17) is 26.1 Å². The van der Waals surface area contributed by atoms with Crippen LogP contribution < -0.4 is 4.74 Å². The first-order chi connectivity index (χ1) is 20.8. The number of pyridine rings is 1. The summed E-state index contributed by atoms with van der Waals surface area (Å²) in [4.78, 5) is 23.3. The molecule has 1 N–H and O–H groups in total. The van der Waals surface area contributed by atoms with E-state index in [-0.39, 0.29) is 23.4 Å². The van der Waals surface area contributed by atoms with Crippen molar-refractivity contribution in [3.8, 4) is 5.75 Å². The van der Waals surface area contributed by atoms with Gasteiger partial charge in [-0.1, -0.05) is 23.7 Å². The van der Waals surface area contributed by atoms with Crippen LogP contribution in [0.4, 0.5) is 4.39 Å². The van der Waals surface area contributed by atoms with Crippen LogP contribution in [0, 0.1) is 0 Å². The Bertz CT molecular complexity index is 1730. The van der Waals surface area contributed by atoms with E-state index < -0.39 is 11.6 Å².